The van der Waals surface area contributed by atoms with Gasteiger partial charge in [0.1, 0.15) is 0 Å². The van der Waals surface area contributed by atoms with Crippen molar-refractivity contribution in [1.29, 1.82) is 0 Å². The lowest BCUT2D eigenvalue weighted by Crippen LogP contribution is -2.12. The molecule has 0 saturated heterocycles. The highest BCUT2D eigenvalue weighted by molar-refractivity contribution is 4.85. The van der Waals surface area contributed by atoms with Gasteiger partial charge in [0.05, 0.1) is 0 Å². The van der Waals surface area contributed by atoms with E-state index < -0.39 is 0 Å². The molecule has 0 aromatic carbocycles. The second-order valence-electron chi connectivity index (χ2n) is 5.40. The molecule has 0 nitrogen and oxygen atoms in total. The molecule has 1 aliphatic rings. The first kappa shape index (κ1) is 19.3. The SMILES string of the molecule is CC.CCC.CCCC1CC(C)C(C)C1CC. The van der Waals surface area contributed by atoms with Gasteiger partial charge in [-0.3, -0.25) is 0 Å². The molecule has 0 aliphatic heterocycles. The van der Waals surface area contributed by atoms with Crippen molar-refractivity contribution in [2.75, 3.05) is 0 Å². The molecule has 0 heterocycles. The Morgan fingerprint density at radius 2 is 1.41 bits per heavy atom. The summed E-state index contributed by atoms with van der Waals surface area (Å²) in [7, 11) is 0. The molecule has 4 unspecified atom stereocenters. The van der Waals surface area contributed by atoms with E-state index in [2.05, 4.69) is 41.5 Å². The van der Waals surface area contributed by atoms with Crippen molar-refractivity contribution in [3.63, 3.8) is 0 Å². The van der Waals surface area contributed by atoms with Gasteiger partial charge in [-0.05, 0) is 30.1 Å². The maximum absolute atomic E-state index is 2.45. The minimum absolute atomic E-state index is 0.978. The molecule has 17 heavy (non-hydrogen) atoms. The van der Waals surface area contributed by atoms with Crippen LogP contribution in [0, 0.1) is 23.7 Å². The van der Waals surface area contributed by atoms with Crippen LogP contribution in [0.4, 0.5) is 0 Å². The van der Waals surface area contributed by atoms with Gasteiger partial charge in [0.25, 0.3) is 0 Å². The fourth-order valence-corrected chi connectivity index (χ4v) is 3.13. The minimum Gasteiger partial charge on any atom is -0.0683 e. The van der Waals surface area contributed by atoms with E-state index in [0.29, 0.717) is 0 Å². The highest BCUT2D eigenvalue weighted by Crippen LogP contribution is 2.44. The highest BCUT2D eigenvalue weighted by Gasteiger charge is 2.35. The van der Waals surface area contributed by atoms with Gasteiger partial charge in [-0.1, -0.05) is 81.1 Å². The summed E-state index contributed by atoms with van der Waals surface area (Å²) >= 11 is 0. The van der Waals surface area contributed by atoms with Gasteiger partial charge in [-0.15, -0.1) is 0 Å². The standard InChI is InChI=1S/C12H24.C3H8.C2H6/c1-5-7-11-8-9(3)10(4)12(11)6-2;1-3-2;1-2/h9-12H,5-8H2,1-4H3;3H2,1-2H3;1-2H3. The Bertz CT molecular complexity index is 139. The molecule has 106 valence electrons. The second kappa shape index (κ2) is 12.5. The van der Waals surface area contributed by atoms with Crippen LogP contribution in [0.25, 0.3) is 0 Å². The summed E-state index contributed by atoms with van der Waals surface area (Å²) in [5.41, 5.74) is 0. The van der Waals surface area contributed by atoms with E-state index in [-0.39, 0.29) is 0 Å². The maximum Gasteiger partial charge on any atom is -0.0360 e. The Morgan fingerprint density at radius 1 is 0.941 bits per heavy atom. The first-order valence-corrected chi connectivity index (χ1v) is 8.12. The van der Waals surface area contributed by atoms with Gasteiger partial charge < -0.3 is 0 Å². The summed E-state index contributed by atoms with van der Waals surface area (Å²) < 4.78 is 0. The van der Waals surface area contributed by atoms with Crippen LogP contribution in [-0.4, -0.2) is 0 Å². The van der Waals surface area contributed by atoms with Crippen LogP contribution in [0.1, 0.15) is 87.5 Å². The molecule has 0 amide bonds. The largest absolute Gasteiger partial charge is 0.0683 e. The normalized spacial score (nSPS) is 31.1. The summed E-state index contributed by atoms with van der Waals surface area (Å²) in [4.78, 5) is 0. The van der Waals surface area contributed by atoms with Crippen molar-refractivity contribution in [3.8, 4) is 0 Å². The van der Waals surface area contributed by atoms with E-state index in [4.69, 9.17) is 0 Å². The van der Waals surface area contributed by atoms with Crippen LogP contribution in [0.3, 0.4) is 0 Å². The van der Waals surface area contributed by atoms with Crippen LogP contribution < -0.4 is 0 Å². The zero-order valence-electron chi connectivity index (χ0n) is 13.8. The van der Waals surface area contributed by atoms with Gasteiger partial charge in [-0.25, -0.2) is 0 Å². The van der Waals surface area contributed by atoms with Gasteiger partial charge in [-0.2, -0.15) is 0 Å². The predicted octanol–water partition coefficient (Wildman–Crippen LogP) is 6.55. The molecule has 0 spiro atoms. The lowest BCUT2D eigenvalue weighted by molar-refractivity contribution is 0.290. The molecule has 0 aromatic rings. The van der Waals surface area contributed by atoms with Crippen LogP contribution >= 0.6 is 0 Å². The number of rotatable bonds is 3. The van der Waals surface area contributed by atoms with E-state index in [9.17, 15) is 0 Å². The molecule has 1 fully saturated rings. The van der Waals surface area contributed by atoms with E-state index in [1.807, 2.05) is 13.8 Å². The Hall–Kier alpha value is 0. The minimum atomic E-state index is 0.978. The quantitative estimate of drug-likeness (QED) is 0.526. The van der Waals surface area contributed by atoms with Crippen molar-refractivity contribution in [3.05, 3.63) is 0 Å². The summed E-state index contributed by atoms with van der Waals surface area (Å²) in [6, 6.07) is 0. The van der Waals surface area contributed by atoms with Crippen LogP contribution in [0.15, 0.2) is 0 Å². The van der Waals surface area contributed by atoms with Crippen molar-refractivity contribution < 1.29 is 0 Å². The third-order valence-electron chi connectivity index (χ3n) is 3.98. The Kier molecular flexibility index (Phi) is 14.2. The first-order valence-electron chi connectivity index (χ1n) is 8.12. The van der Waals surface area contributed by atoms with Crippen LogP contribution in [0.2, 0.25) is 0 Å². The summed E-state index contributed by atoms with van der Waals surface area (Å²) in [5.74, 6) is 4.03. The fourth-order valence-electron chi connectivity index (χ4n) is 3.13. The first-order chi connectivity index (χ1) is 8.12. The Balaban J connectivity index is 0. The van der Waals surface area contributed by atoms with E-state index in [0.717, 1.165) is 23.7 Å². The Labute approximate surface area is 112 Å². The monoisotopic (exact) mass is 242 g/mol. The average molecular weight is 242 g/mol. The smallest absolute Gasteiger partial charge is 0.0360 e. The van der Waals surface area contributed by atoms with E-state index in [1.165, 1.54) is 32.1 Å². The van der Waals surface area contributed by atoms with Crippen molar-refractivity contribution in [1.82, 2.24) is 0 Å². The summed E-state index contributed by atoms with van der Waals surface area (Å²) in [5, 5.41) is 0. The van der Waals surface area contributed by atoms with Gasteiger partial charge in [0, 0.05) is 0 Å². The molecule has 0 N–H and O–H groups in total. The zero-order valence-corrected chi connectivity index (χ0v) is 13.8. The van der Waals surface area contributed by atoms with Crippen molar-refractivity contribution in [2.24, 2.45) is 23.7 Å². The third kappa shape index (κ3) is 7.11. The predicted molar refractivity (Wildman–Crippen MR) is 82.4 cm³/mol. The molecule has 0 aromatic heterocycles. The number of hydrogen-bond donors (Lipinski definition) is 0. The topological polar surface area (TPSA) is 0 Å². The molecule has 0 heteroatoms. The van der Waals surface area contributed by atoms with Gasteiger partial charge >= 0.3 is 0 Å². The maximum atomic E-state index is 2.45. The van der Waals surface area contributed by atoms with Gasteiger partial charge in [0.2, 0.25) is 0 Å². The van der Waals surface area contributed by atoms with Crippen molar-refractivity contribution in [2.45, 2.75) is 87.5 Å². The Morgan fingerprint density at radius 3 is 1.76 bits per heavy atom. The molecule has 0 bridgehead atoms. The highest BCUT2D eigenvalue weighted by atomic mass is 14.4. The molecule has 1 saturated carbocycles. The molecule has 1 rings (SSSR count). The third-order valence-corrected chi connectivity index (χ3v) is 3.98. The lowest BCUT2D eigenvalue weighted by atomic mass is 9.85. The van der Waals surface area contributed by atoms with E-state index >= 15 is 0 Å². The zero-order chi connectivity index (χ0) is 13.8. The second-order valence-corrected chi connectivity index (χ2v) is 5.40. The molecular weight excluding hydrogens is 204 g/mol. The van der Waals surface area contributed by atoms with E-state index in [1.54, 1.807) is 0 Å². The average Bonchev–Trinajstić information content (AvgIpc) is 2.59. The molecular formula is C17H38. The fraction of sp³-hybridized carbons (Fsp3) is 1.00. The lowest BCUT2D eigenvalue weighted by Gasteiger charge is -2.21. The molecule has 4 atom stereocenters. The van der Waals surface area contributed by atoms with Crippen LogP contribution in [-0.2, 0) is 0 Å². The summed E-state index contributed by atoms with van der Waals surface area (Å²) in [6.45, 7) is 17.8. The summed E-state index contributed by atoms with van der Waals surface area (Å²) in [6.07, 6.45) is 6.98. The number of hydrogen-bond acceptors (Lipinski definition) is 0. The molecule has 1 aliphatic carbocycles. The van der Waals surface area contributed by atoms with Crippen molar-refractivity contribution >= 4 is 0 Å². The molecule has 0 radical (unpaired) electrons. The van der Waals surface area contributed by atoms with Crippen LogP contribution in [0.5, 0.6) is 0 Å². The van der Waals surface area contributed by atoms with Gasteiger partial charge in [0.15, 0.2) is 0 Å².